The van der Waals surface area contributed by atoms with Crippen LogP contribution in [0.3, 0.4) is 0 Å². The van der Waals surface area contributed by atoms with E-state index in [4.69, 9.17) is 9.47 Å². The third-order valence-corrected chi connectivity index (χ3v) is 5.61. The molecule has 0 bridgehead atoms. The SMILES string of the molecule is COc1cc(C)cc(C2CC3(CCN(C(=O)OC(C)(C)C)CC3)C2)c1. The third-order valence-electron chi connectivity index (χ3n) is 5.61. The summed E-state index contributed by atoms with van der Waals surface area (Å²) >= 11 is 0. The first-order chi connectivity index (χ1) is 11.7. The molecule has 25 heavy (non-hydrogen) atoms. The summed E-state index contributed by atoms with van der Waals surface area (Å²) in [6, 6.07) is 6.55. The number of rotatable bonds is 2. The van der Waals surface area contributed by atoms with Crippen LogP contribution in [-0.4, -0.2) is 36.8 Å². The molecule has 1 amide bonds. The Labute approximate surface area is 151 Å². The van der Waals surface area contributed by atoms with Crippen LogP contribution in [0.1, 0.15) is 63.5 Å². The van der Waals surface area contributed by atoms with Crippen molar-refractivity contribution >= 4 is 6.09 Å². The second-order valence-electron chi connectivity index (χ2n) is 8.86. The van der Waals surface area contributed by atoms with Crippen molar-refractivity contribution in [1.82, 2.24) is 4.90 Å². The zero-order valence-electron chi connectivity index (χ0n) is 16.2. The fraction of sp³-hybridized carbons (Fsp3) is 0.667. The molecule has 2 fully saturated rings. The molecule has 1 spiro atoms. The number of carbonyl (C=O) groups is 1. The molecule has 1 aromatic rings. The van der Waals surface area contributed by atoms with Gasteiger partial charge in [-0.25, -0.2) is 4.79 Å². The molecule has 1 aliphatic carbocycles. The molecule has 0 unspecified atom stereocenters. The predicted molar refractivity (Wildman–Crippen MR) is 99.2 cm³/mol. The lowest BCUT2D eigenvalue weighted by Gasteiger charge is -2.52. The average Bonchev–Trinajstić information content (AvgIpc) is 2.50. The second kappa shape index (κ2) is 6.54. The minimum absolute atomic E-state index is 0.165. The maximum Gasteiger partial charge on any atom is 0.410 e. The maximum atomic E-state index is 12.2. The van der Waals surface area contributed by atoms with Gasteiger partial charge in [0.05, 0.1) is 7.11 Å². The van der Waals surface area contributed by atoms with Gasteiger partial charge in [0.1, 0.15) is 11.4 Å². The molecule has 4 heteroatoms. The normalized spacial score (nSPS) is 20.3. The molecule has 2 aliphatic rings. The largest absolute Gasteiger partial charge is 0.497 e. The summed E-state index contributed by atoms with van der Waals surface area (Å²) in [5, 5.41) is 0. The highest BCUT2D eigenvalue weighted by Gasteiger charge is 2.47. The summed E-state index contributed by atoms with van der Waals surface area (Å²) in [4.78, 5) is 14.1. The molecule has 1 saturated heterocycles. The fourth-order valence-corrected chi connectivity index (χ4v) is 4.25. The van der Waals surface area contributed by atoms with Gasteiger partial charge in [-0.15, -0.1) is 0 Å². The number of aryl methyl sites for hydroxylation is 1. The summed E-state index contributed by atoms with van der Waals surface area (Å²) in [6.45, 7) is 9.52. The monoisotopic (exact) mass is 345 g/mol. The van der Waals surface area contributed by atoms with E-state index in [1.165, 1.54) is 24.0 Å². The number of ether oxygens (including phenoxy) is 2. The van der Waals surface area contributed by atoms with Crippen LogP contribution < -0.4 is 4.74 Å². The number of benzene rings is 1. The molecule has 1 saturated carbocycles. The molecule has 0 radical (unpaired) electrons. The van der Waals surface area contributed by atoms with E-state index < -0.39 is 5.60 Å². The van der Waals surface area contributed by atoms with E-state index in [9.17, 15) is 4.79 Å². The van der Waals surface area contributed by atoms with Gasteiger partial charge in [-0.3, -0.25) is 0 Å². The predicted octanol–water partition coefficient (Wildman–Crippen LogP) is 4.90. The van der Waals surface area contributed by atoms with E-state index in [-0.39, 0.29) is 6.09 Å². The number of carbonyl (C=O) groups excluding carboxylic acids is 1. The molecule has 0 aromatic heterocycles. The summed E-state index contributed by atoms with van der Waals surface area (Å²) in [7, 11) is 1.73. The number of nitrogens with zero attached hydrogens (tertiary/aromatic N) is 1. The molecule has 0 atom stereocenters. The lowest BCUT2D eigenvalue weighted by Crippen LogP contribution is -2.49. The van der Waals surface area contributed by atoms with E-state index in [0.29, 0.717) is 11.3 Å². The standard InChI is InChI=1S/C21H31NO3/c1-15-10-16(12-18(11-15)24-5)17-13-21(14-17)6-8-22(9-7-21)19(23)25-20(2,3)4/h10-12,17H,6-9,13-14H2,1-5H3. The fourth-order valence-electron chi connectivity index (χ4n) is 4.25. The maximum absolute atomic E-state index is 12.2. The highest BCUT2D eigenvalue weighted by atomic mass is 16.6. The van der Waals surface area contributed by atoms with Gasteiger partial charge in [0, 0.05) is 13.1 Å². The first-order valence-electron chi connectivity index (χ1n) is 9.33. The van der Waals surface area contributed by atoms with E-state index in [1.807, 2.05) is 25.7 Å². The zero-order chi connectivity index (χ0) is 18.2. The summed E-state index contributed by atoms with van der Waals surface area (Å²) in [5.74, 6) is 1.58. The Kier molecular flexibility index (Phi) is 4.74. The van der Waals surface area contributed by atoms with Crippen LogP contribution in [0.15, 0.2) is 18.2 Å². The Morgan fingerprint density at radius 2 is 1.80 bits per heavy atom. The van der Waals surface area contributed by atoms with Gasteiger partial charge in [0.2, 0.25) is 0 Å². The van der Waals surface area contributed by atoms with Crippen molar-refractivity contribution in [2.24, 2.45) is 5.41 Å². The molecular weight excluding hydrogens is 314 g/mol. The molecule has 1 aliphatic heterocycles. The van der Waals surface area contributed by atoms with Gasteiger partial charge >= 0.3 is 6.09 Å². The van der Waals surface area contributed by atoms with Gasteiger partial charge in [0.25, 0.3) is 0 Å². The minimum Gasteiger partial charge on any atom is -0.497 e. The van der Waals surface area contributed by atoms with E-state index in [1.54, 1.807) is 7.11 Å². The van der Waals surface area contributed by atoms with Crippen molar-refractivity contribution in [3.63, 3.8) is 0 Å². The highest BCUT2D eigenvalue weighted by molar-refractivity contribution is 5.68. The Hall–Kier alpha value is -1.71. The number of hydrogen-bond acceptors (Lipinski definition) is 3. The van der Waals surface area contributed by atoms with Gasteiger partial charge in [0.15, 0.2) is 0 Å². The molecule has 1 aromatic carbocycles. The Morgan fingerprint density at radius 1 is 1.16 bits per heavy atom. The van der Waals surface area contributed by atoms with Crippen LogP contribution in [0.2, 0.25) is 0 Å². The van der Waals surface area contributed by atoms with Crippen LogP contribution in [0.5, 0.6) is 5.75 Å². The number of likely N-dealkylation sites (tertiary alicyclic amines) is 1. The number of amides is 1. The third kappa shape index (κ3) is 4.10. The summed E-state index contributed by atoms with van der Waals surface area (Å²) < 4.78 is 10.9. The van der Waals surface area contributed by atoms with E-state index in [0.717, 1.165) is 31.7 Å². The van der Waals surface area contributed by atoms with E-state index >= 15 is 0 Å². The Morgan fingerprint density at radius 3 is 2.36 bits per heavy atom. The topological polar surface area (TPSA) is 38.8 Å². The highest BCUT2D eigenvalue weighted by Crippen LogP contribution is 2.57. The van der Waals surface area contributed by atoms with Crippen molar-refractivity contribution in [3.05, 3.63) is 29.3 Å². The minimum atomic E-state index is -0.419. The quantitative estimate of drug-likeness (QED) is 0.765. The van der Waals surface area contributed by atoms with Crippen molar-refractivity contribution in [2.45, 2.75) is 64.9 Å². The van der Waals surface area contributed by atoms with Crippen LogP contribution >= 0.6 is 0 Å². The van der Waals surface area contributed by atoms with Crippen LogP contribution in [0.4, 0.5) is 4.79 Å². The molecule has 0 N–H and O–H groups in total. The van der Waals surface area contributed by atoms with Gasteiger partial charge in [-0.2, -0.15) is 0 Å². The first kappa shape index (κ1) is 18.1. The Balaban J connectivity index is 1.55. The van der Waals surface area contributed by atoms with Crippen LogP contribution in [0, 0.1) is 12.3 Å². The van der Waals surface area contributed by atoms with Crippen molar-refractivity contribution in [1.29, 1.82) is 0 Å². The van der Waals surface area contributed by atoms with Crippen molar-refractivity contribution < 1.29 is 14.3 Å². The molecular formula is C21H31NO3. The number of piperidine rings is 1. The summed E-state index contributed by atoms with van der Waals surface area (Å²) in [5.41, 5.74) is 2.66. The van der Waals surface area contributed by atoms with Crippen LogP contribution in [0.25, 0.3) is 0 Å². The molecule has 4 nitrogen and oxygen atoms in total. The van der Waals surface area contributed by atoms with Gasteiger partial charge < -0.3 is 14.4 Å². The van der Waals surface area contributed by atoms with Crippen LogP contribution in [-0.2, 0) is 4.74 Å². The van der Waals surface area contributed by atoms with E-state index in [2.05, 4.69) is 25.1 Å². The Bertz CT molecular complexity index is 631. The van der Waals surface area contributed by atoms with Crippen molar-refractivity contribution in [2.75, 3.05) is 20.2 Å². The lowest BCUT2D eigenvalue weighted by atomic mass is 9.56. The molecule has 138 valence electrons. The number of hydrogen-bond donors (Lipinski definition) is 0. The lowest BCUT2D eigenvalue weighted by molar-refractivity contribution is -0.0121. The van der Waals surface area contributed by atoms with Gasteiger partial charge in [-0.1, -0.05) is 6.07 Å². The van der Waals surface area contributed by atoms with Gasteiger partial charge in [-0.05, 0) is 88.0 Å². The average molecular weight is 345 g/mol. The smallest absolute Gasteiger partial charge is 0.410 e. The second-order valence-corrected chi connectivity index (χ2v) is 8.86. The first-order valence-corrected chi connectivity index (χ1v) is 9.33. The zero-order valence-corrected chi connectivity index (χ0v) is 16.2. The summed E-state index contributed by atoms with van der Waals surface area (Å²) in [6.07, 6.45) is 4.46. The molecule has 1 heterocycles. The van der Waals surface area contributed by atoms with Crippen molar-refractivity contribution in [3.8, 4) is 5.75 Å². The number of methoxy groups -OCH3 is 1. The molecule has 3 rings (SSSR count).